The molecular formula is C15H22N2O2S. The molecule has 1 N–H and O–H groups in total. The van der Waals surface area contributed by atoms with Crippen molar-refractivity contribution in [2.45, 2.75) is 12.6 Å². The predicted octanol–water partition coefficient (Wildman–Crippen LogP) is 1.05. The Bertz CT molecular complexity index is 427. The summed E-state index contributed by atoms with van der Waals surface area (Å²) in [5.74, 6) is 0.615. The van der Waals surface area contributed by atoms with Gasteiger partial charge in [-0.3, -0.25) is 9.69 Å². The molecule has 1 saturated heterocycles. The van der Waals surface area contributed by atoms with Crippen LogP contribution in [0.1, 0.15) is 5.56 Å². The quantitative estimate of drug-likeness (QED) is 0.902. The summed E-state index contributed by atoms with van der Waals surface area (Å²) in [6, 6.07) is 10.2. The van der Waals surface area contributed by atoms with Crippen LogP contribution in [-0.4, -0.2) is 65.1 Å². The lowest BCUT2D eigenvalue weighted by molar-refractivity contribution is -0.129. The summed E-state index contributed by atoms with van der Waals surface area (Å²) in [7, 11) is 0. The third kappa shape index (κ3) is 4.51. The van der Waals surface area contributed by atoms with Crippen LogP contribution >= 0.6 is 11.8 Å². The van der Waals surface area contributed by atoms with Gasteiger partial charge in [0.05, 0.1) is 11.9 Å². The van der Waals surface area contributed by atoms with Crippen LogP contribution in [0.15, 0.2) is 30.3 Å². The highest BCUT2D eigenvalue weighted by Gasteiger charge is 2.23. The second-order valence-electron chi connectivity index (χ2n) is 5.15. The first-order valence-corrected chi connectivity index (χ1v) is 8.29. The molecule has 1 aromatic rings. The van der Waals surface area contributed by atoms with Crippen molar-refractivity contribution < 1.29 is 9.90 Å². The largest absolute Gasteiger partial charge is 0.390 e. The maximum Gasteiger partial charge on any atom is 0.232 e. The molecule has 0 saturated carbocycles. The number of carbonyl (C=O) groups excluding carboxylic acids is 1. The molecule has 0 aliphatic carbocycles. The molecule has 20 heavy (non-hydrogen) atoms. The third-order valence-corrected chi connectivity index (χ3v) is 3.99. The molecule has 1 heterocycles. The first-order chi connectivity index (χ1) is 9.69. The van der Waals surface area contributed by atoms with Gasteiger partial charge in [0.2, 0.25) is 5.91 Å². The van der Waals surface area contributed by atoms with Crippen LogP contribution in [0.4, 0.5) is 0 Å². The van der Waals surface area contributed by atoms with Gasteiger partial charge in [0.15, 0.2) is 0 Å². The molecule has 5 heteroatoms. The van der Waals surface area contributed by atoms with Gasteiger partial charge in [-0.25, -0.2) is 0 Å². The van der Waals surface area contributed by atoms with Gasteiger partial charge in [0, 0.05) is 32.7 Å². The van der Waals surface area contributed by atoms with Crippen molar-refractivity contribution in [1.29, 1.82) is 0 Å². The fourth-order valence-electron chi connectivity index (χ4n) is 2.48. The van der Waals surface area contributed by atoms with Crippen LogP contribution < -0.4 is 0 Å². The summed E-state index contributed by atoms with van der Waals surface area (Å²) in [6.07, 6.45) is 1.46. The summed E-state index contributed by atoms with van der Waals surface area (Å²) in [5, 5.41) is 10.1. The molecule has 1 aliphatic heterocycles. The van der Waals surface area contributed by atoms with Gasteiger partial charge in [-0.15, -0.1) is 0 Å². The minimum absolute atomic E-state index is 0.123. The van der Waals surface area contributed by atoms with E-state index >= 15 is 0 Å². The number of aliphatic hydroxyl groups is 1. The lowest BCUT2D eigenvalue weighted by Gasteiger charge is -2.21. The van der Waals surface area contributed by atoms with E-state index in [1.165, 1.54) is 17.3 Å². The van der Waals surface area contributed by atoms with Gasteiger partial charge < -0.3 is 10.0 Å². The van der Waals surface area contributed by atoms with Crippen molar-refractivity contribution in [1.82, 2.24) is 9.80 Å². The molecule has 1 amide bonds. The Hall–Kier alpha value is -1.04. The Morgan fingerprint density at radius 2 is 2.05 bits per heavy atom. The molecule has 1 aliphatic rings. The lowest BCUT2D eigenvalue weighted by atomic mass is 10.2. The molecule has 1 fully saturated rings. The highest BCUT2D eigenvalue weighted by atomic mass is 32.2. The number of rotatable bonds is 4. The Balaban J connectivity index is 1.93. The molecule has 0 unspecified atom stereocenters. The smallest absolute Gasteiger partial charge is 0.232 e. The highest BCUT2D eigenvalue weighted by molar-refractivity contribution is 7.99. The first-order valence-electron chi connectivity index (χ1n) is 6.90. The zero-order chi connectivity index (χ0) is 14.4. The second-order valence-corrected chi connectivity index (χ2v) is 6.01. The van der Waals surface area contributed by atoms with Gasteiger partial charge in [-0.2, -0.15) is 11.8 Å². The number of nitrogens with zero attached hydrogens (tertiary/aromatic N) is 2. The van der Waals surface area contributed by atoms with Crippen molar-refractivity contribution in [2.24, 2.45) is 0 Å². The molecule has 4 nitrogen and oxygen atoms in total. The number of carbonyl (C=O) groups is 1. The van der Waals surface area contributed by atoms with E-state index in [9.17, 15) is 9.90 Å². The van der Waals surface area contributed by atoms with Gasteiger partial charge in [-0.05, 0) is 11.8 Å². The number of hydrogen-bond donors (Lipinski definition) is 1. The zero-order valence-electron chi connectivity index (χ0n) is 11.9. The monoisotopic (exact) mass is 294 g/mol. The van der Waals surface area contributed by atoms with Crippen LogP contribution in [0.3, 0.4) is 0 Å². The van der Waals surface area contributed by atoms with E-state index in [1.54, 1.807) is 4.90 Å². The summed E-state index contributed by atoms with van der Waals surface area (Å²) < 4.78 is 0. The number of aliphatic hydroxyl groups excluding tert-OH is 1. The molecule has 2 rings (SSSR count). The Morgan fingerprint density at radius 1 is 1.30 bits per heavy atom. The average molecular weight is 294 g/mol. The van der Waals surface area contributed by atoms with Crippen molar-refractivity contribution in [2.75, 3.05) is 38.2 Å². The second kappa shape index (κ2) is 7.67. The maximum absolute atomic E-state index is 11.9. The standard InChI is InChI=1S/C15H22N2O2S/c1-20-12-15(19)17-8-7-16(10-14(18)11-17)9-13-5-3-2-4-6-13/h2-6,14,18H,7-12H2,1H3/t14-/m0/s1. The number of amides is 1. The summed E-state index contributed by atoms with van der Waals surface area (Å²) >= 11 is 1.53. The molecule has 0 radical (unpaired) electrons. The number of β-amino-alcohol motifs (C(OH)–C–C–N with tert-alkyl or cyclic N) is 1. The fraction of sp³-hybridized carbons (Fsp3) is 0.533. The first kappa shape index (κ1) is 15.4. The average Bonchev–Trinajstić information content (AvgIpc) is 2.62. The number of benzene rings is 1. The van der Waals surface area contributed by atoms with Gasteiger partial charge >= 0.3 is 0 Å². The SMILES string of the molecule is CSCC(=O)N1CCN(Cc2ccccc2)C[C@H](O)C1. The van der Waals surface area contributed by atoms with E-state index < -0.39 is 6.10 Å². The molecular weight excluding hydrogens is 272 g/mol. The minimum atomic E-state index is -0.466. The molecule has 0 spiro atoms. The molecule has 1 atom stereocenters. The molecule has 1 aromatic carbocycles. The molecule has 110 valence electrons. The van der Waals surface area contributed by atoms with Gasteiger partial charge in [0.1, 0.15) is 0 Å². The minimum Gasteiger partial charge on any atom is -0.390 e. The summed E-state index contributed by atoms with van der Waals surface area (Å²) in [4.78, 5) is 15.9. The van der Waals surface area contributed by atoms with Crippen molar-refractivity contribution in [3.8, 4) is 0 Å². The van der Waals surface area contributed by atoms with E-state index in [2.05, 4.69) is 17.0 Å². The lowest BCUT2D eigenvalue weighted by Crippen LogP contribution is -2.38. The predicted molar refractivity (Wildman–Crippen MR) is 82.7 cm³/mol. The van der Waals surface area contributed by atoms with Gasteiger partial charge in [-0.1, -0.05) is 30.3 Å². The van der Waals surface area contributed by atoms with Gasteiger partial charge in [0.25, 0.3) is 0 Å². The molecule has 0 bridgehead atoms. The van der Waals surface area contributed by atoms with Crippen LogP contribution in [0.2, 0.25) is 0 Å². The normalized spacial score (nSPS) is 20.7. The Morgan fingerprint density at radius 3 is 2.75 bits per heavy atom. The van der Waals surface area contributed by atoms with Crippen molar-refractivity contribution in [3.05, 3.63) is 35.9 Å². The van der Waals surface area contributed by atoms with Crippen molar-refractivity contribution in [3.63, 3.8) is 0 Å². The van der Waals surface area contributed by atoms with Crippen molar-refractivity contribution >= 4 is 17.7 Å². The van der Waals surface area contributed by atoms with E-state index in [0.717, 1.165) is 13.1 Å². The van der Waals surface area contributed by atoms with E-state index in [4.69, 9.17) is 0 Å². The highest BCUT2D eigenvalue weighted by Crippen LogP contribution is 2.10. The van der Waals surface area contributed by atoms with E-state index in [-0.39, 0.29) is 5.91 Å². The van der Waals surface area contributed by atoms with Crippen LogP contribution in [0.25, 0.3) is 0 Å². The summed E-state index contributed by atoms with van der Waals surface area (Å²) in [6.45, 7) is 3.40. The molecule has 0 aromatic heterocycles. The maximum atomic E-state index is 11.9. The Labute approximate surface area is 124 Å². The zero-order valence-corrected chi connectivity index (χ0v) is 12.7. The van der Waals surface area contributed by atoms with Crippen LogP contribution in [0.5, 0.6) is 0 Å². The number of hydrogen-bond acceptors (Lipinski definition) is 4. The van der Waals surface area contributed by atoms with Crippen LogP contribution in [-0.2, 0) is 11.3 Å². The fourth-order valence-corrected chi connectivity index (χ4v) is 2.91. The topological polar surface area (TPSA) is 43.8 Å². The Kier molecular flexibility index (Phi) is 5.88. The van der Waals surface area contributed by atoms with Crippen LogP contribution in [0, 0.1) is 0 Å². The van der Waals surface area contributed by atoms with E-state index in [1.807, 2.05) is 24.5 Å². The number of thioether (sulfide) groups is 1. The van der Waals surface area contributed by atoms with E-state index in [0.29, 0.717) is 25.4 Å². The third-order valence-electron chi connectivity index (χ3n) is 3.46. The summed E-state index contributed by atoms with van der Waals surface area (Å²) in [5.41, 5.74) is 1.24.